The molecule has 3 amide bonds. The molecule has 0 radical (unpaired) electrons. The molecule has 0 bridgehead atoms. The van der Waals surface area contributed by atoms with Crippen LogP contribution in [0.5, 0.6) is 5.75 Å². The molecule has 1 saturated heterocycles. The summed E-state index contributed by atoms with van der Waals surface area (Å²) in [7, 11) is 0. The molecule has 4 rings (SSSR count). The van der Waals surface area contributed by atoms with Gasteiger partial charge in [0.2, 0.25) is 0 Å². The quantitative estimate of drug-likeness (QED) is 0.884. The number of likely N-dealkylation sites (tertiary alicyclic amines) is 1. The Hall–Kier alpha value is -2.96. The predicted molar refractivity (Wildman–Crippen MR) is 103 cm³/mol. The maximum Gasteiger partial charge on any atom is 0.318 e. The number of rotatable bonds is 3. The first-order valence-electron chi connectivity index (χ1n) is 9.73. The summed E-state index contributed by atoms with van der Waals surface area (Å²) < 4.78 is 11.2. The molecule has 0 saturated carbocycles. The minimum atomic E-state index is -0.184. The van der Waals surface area contributed by atoms with Gasteiger partial charge in [0.1, 0.15) is 18.1 Å². The number of amides is 3. The zero-order valence-electron chi connectivity index (χ0n) is 16.0. The van der Waals surface area contributed by atoms with Crippen molar-refractivity contribution in [1.82, 2.24) is 15.1 Å². The normalized spacial score (nSPS) is 19.0. The number of fused-ring (bicyclic) bond motifs is 1. The molecule has 7 heteroatoms. The zero-order chi connectivity index (χ0) is 19.5. The van der Waals surface area contributed by atoms with Crippen molar-refractivity contribution in [3.63, 3.8) is 0 Å². The van der Waals surface area contributed by atoms with Gasteiger partial charge in [-0.05, 0) is 50.1 Å². The van der Waals surface area contributed by atoms with Gasteiger partial charge < -0.3 is 24.3 Å². The number of carbonyl (C=O) groups is 2. The number of hydrogen-bond donors (Lipinski definition) is 1. The first-order valence-corrected chi connectivity index (χ1v) is 9.73. The zero-order valence-corrected chi connectivity index (χ0v) is 16.0. The topological polar surface area (TPSA) is 75.0 Å². The molecule has 1 N–H and O–H groups in total. The molecule has 3 heterocycles. The largest absolute Gasteiger partial charge is 0.491 e. The van der Waals surface area contributed by atoms with Gasteiger partial charge in [-0.25, -0.2) is 4.79 Å². The standard InChI is InChI=1S/C21H25N3O4/c1-15-14-28-19-7-6-16(20(25)23-8-2-3-9-23)11-17(19)13-24(15)21(26)22-12-18-5-4-10-27-18/h4-7,10-11,15H,2-3,8-9,12-14H2,1H3,(H,22,26)/t15-/m0/s1. The highest BCUT2D eigenvalue weighted by molar-refractivity contribution is 5.94. The molecule has 148 valence electrons. The number of nitrogens with zero attached hydrogens (tertiary/aromatic N) is 2. The fraction of sp³-hybridized carbons (Fsp3) is 0.429. The minimum absolute atomic E-state index is 0.0476. The number of benzene rings is 1. The van der Waals surface area contributed by atoms with Crippen molar-refractivity contribution in [1.29, 1.82) is 0 Å². The lowest BCUT2D eigenvalue weighted by Crippen LogP contribution is -2.45. The Balaban J connectivity index is 1.50. The van der Waals surface area contributed by atoms with Crippen LogP contribution in [-0.2, 0) is 13.1 Å². The lowest BCUT2D eigenvalue weighted by molar-refractivity contribution is 0.0792. The van der Waals surface area contributed by atoms with Crippen molar-refractivity contribution in [3.05, 3.63) is 53.5 Å². The van der Waals surface area contributed by atoms with Crippen LogP contribution in [0, 0.1) is 0 Å². The average Bonchev–Trinajstić information content (AvgIpc) is 3.39. The first-order chi connectivity index (χ1) is 13.6. The second-order valence-electron chi connectivity index (χ2n) is 7.35. The maximum absolute atomic E-state index is 12.7. The van der Waals surface area contributed by atoms with Gasteiger partial charge in [-0.1, -0.05) is 0 Å². The number of nitrogens with one attached hydrogen (secondary N) is 1. The number of hydrogen-bond acceptors (Lipinski definition) is 4. The van der Waals surface area contributed by atoms with E-state index in [0.29, 0.717) is 31.0 Å². The van der Waals surface area contributed by atoms with E-state index in [-0.39, 0.29) is 18.0 Å². The van der Waals surface area contributed by atoms with Gasteiger partial charge in [-0.2, -0.15) is 0 Å². The Kier molecular flexibility index (Phi) is 5.23. The third-order valence-corrected chi connectivity index (χ3v) is 5.31. The second-order valence-corrected chi connectivity index (χ2v) is 7.35. The van der Waals surface area contributed by atoms with E-state index >= 15 is 0 Å². The number of furan rings is 1. The van der Waals surface area contributed by atoms with E-state index in [4.69, 9.17) is 9.15 Å². The molecule has 1 atom stereocenters. The Bertz CT molecular complexity index is 843. The highest BCUT2D eigenvalue weighted by atomic mass is 16.5. The molecule has 28 heavy (non-hydrogen) atoms. The molecule has 2 aliphatic rings. The molecule has 1 fully saturated rings. The smallest absolute Gasteiger partial charge is 0.318 e. The van der Waals surface area contributed by atoms with E-state index in [1.54, 1.807) is 17.2 Å². The molecular weight excluding hydrogens is 358 g/mol. The van der Waals surface area contributed by atoms with Gasteiger partial charge in [0, 0.05) is 24.2 Å². The summed E-state index contributed by atoms with van der Waals surface area (Å²) in [6, 6.07) is 8.85. The van der Waals surface area contributed by atoms with Crippen molar-refractivity contribution in [2.24, 2.45) is 0 Å². The molecule has 1 aromatic carbocycles. The van der Waals surface area contributed by atoms with Crippen LogP contribution in [0.2, 0.25) is 0 Å². The molecule has 2 aromatic rings. The summed E-state index contributed by atoms with van der Waals surface area (Å²) in [4.78, 5) is 29.1. The van der Waals surface area contributed by atoms with E-state index < -0.39 is 0 Å². The highest BCUT2D eigenvalue weighted by Gasteiger charge is 2.27. The van der Waals surface area contributed by atoms with Crippen LogP contribution >= 0.6 is 0 Å². The monoisotopic (exact) mass is 383 g/mol. The second kappa shape index (κ2) is 7.96. The Morgan fingerprint density at radius 1 is 1.21 bits per heavy atom. The summed E-state index contributed by atoms with van der Waals surface area (Å²) in [5, 5.41) is 2.89. The van der Waals surface area contributed by atoms with Crippen LogP contribution in [0.3, 0.4) is 0 Å². The fourth-order valence-electron chi connectivity index (χ4n) is 3.67. The van der Waals surface area contributed by atoms with E-state index in [2.05, 4.69) is 5.32 Å². The van der Waals surface area contributed by atoms with Crippen molar-refractivity contribution in [3.8, 4) is 5.75 Å². The van der Waals surface area contributed by atoms with Crippen LogP contribution in [-0.4, -0.2) is 47.5 Å². The van der Waals surface area contributed by atoms with Gasteiger partial charge in [0.25, 0.3) is 5.91 Å². The summed E-state index contributed by atoms with van der Waals surface area (Å²) >= 11 is 0. The Morgan fingerprint density at radius 3 is 2.79 bits per heavy atom. The third kappa shape index (κ3) is 3.83. The molecule has 0 unspecified atom stereocenters. The Morgan fingerprint density at radius 2 is 2.04 bits per heavy atom. The van der Waals surface area contributed by atoms with Crippen LogP contribution in [0.4, 0.5) is 4.79 Å². The fourth-order valence-corrected chi connectivity index (χ4v) is 3.67. The number of urea groups is 1. The SMILES string of the molecule is C[C@H]1COc2ccc(C(=O)N3CCCC3)cc2CN1C(=O)NCc1ccco1. The molecular formula is C21H25N3O4. The molecule has 0 spiro atoms. The van der Waals surface area contributed by atoms with Crippen LogP contribution in [0.15, 0.2) is 41.0 Å². The maximum atomic E-state index is 12.7. The Labute approximate surface area is 164 Å². The van der Waals surface area contributed by atoms with E-state index in [1.165, 1.54) is 0 Å². The molecule has 0 aliphatic carbocycles. The summed E-state index contributed by atoms with van der Waals surface area (Å²) in [6.45, 7) is 4.70. The average molecular weight is 383 g/mol. The summed E-state index contributed by atoms with van der Waals surface area (Å²) in [5.41, 5.74) is 1.50. The highest BCUT2D eigenvalue weighted by Crippen LogP contribution is 2.27. The van der Waals surface area contributed by atoms with E-state index in [0.717, 1.165) is 37.2 Å². The van der Waals surface area contributed by atoms with Gasteiger partial charge in [0.15, 0.2) is 0 Å². The lowest BCUT2D eigenvalue weighted by Gasteiger charge is -2.26. The van der Waals surface area contributed by atoms with Crippen LogP contribution < -0.4 is 10.1 Å². The van der Waals surface area contributed by atoms with Crippen LogP contribution in [0.1, 0.15) is 41.4 Å². The number of ether oxygens (including phenoxy) is 1. The predicted octanol–water partition coefficient (Wildman–Crippen LogP) is 3.01. The summed E-state index contributed by atoms with van der Waals surface area (Å²) in [5.74, 6) is 1.48. The first kappa shape index (κ1) is 18.4. The van der Waals surface area contributed by atoms with Crippen molar-refractivity contribution in [2.45, 2.75) is 38.9 Å². The molecule has 2 aliphatic heterocycles. The van der Waals surface area contributed by atoms with Gasteiger partial charge in [-0.3, -0.25) is 4.79 Å². The van der Waals surface area contributed by atoms with Gasteiger partial charge in [0.05, 0.1) is 25.4 Å². The minimum Gasteiger partial charge on any atom is -0.491 e. The summed E-state index contributed by atoms with van der Waals surface area (Å²) in [6.07, 6.45) is 3.70. The number of carbonyl (C=O) groups excluding carboxylic acids is 2. The van der Waals surface area contributed by atoms with Crippen molar-refractivity contribution >= 4 is 11.9 Å². The third-order valence-electron chi connectivity index (χ3n) is 5.31. The lowest BCUT2D eigenvalue weighted by atomic mass is 10.1. The van der Waals surface area contributed by atoms with Crippen molar-refractivity contribution < 1.29 is 18.7 Å². The van der Waals surface area contributed by atoms with E-state index in [9.17, 15) is 9.59 Å². The van der Waals surface area contributed by atoms with Gasteiger partial charge >= 0.3 is 6.03 Å². The van der Waals surface area contributed by atoms with Gasteiger partial charge in [-0.15, -0.1) is 0 Å². The van der Waals surface area contributed by atoms with Crippen LogP contribution in [0.25, 0.3) is 0 Å². The van der Waals surface area contributed by atoms with E-state index in [1.807, 2.05) is 36.1 Å². The molecule has 7 nitrogen and oxygen atoms in total. The van der Waals surface area contributed by atoms with Crippen molar-refractivity contribution in [2.75, 3.05) is 19.7 Å². The molecule has 1 aromatic heterocycles.